The summed E-state index contributed by atoms with van der Waals surface area (Å²) in [6.45, 7) is 2.86. The Morgan fingerprint density at radius 1 is 1.38 bits per heavy atom. The molecule has 0 spiro atoms. The highest BCUT2D eigenvalue weighted by molar-refractivity contribution is 6.33. The number of nitrogens with one attached hydrogen (secondary N) is 1. The molecular weight excluding hydrogens is 362 g/mol. The molecule has 1 aromatic rings. The van der Waals surface area contributed by atoms with Gasteiger partial charge in [-0.2, -0.15) is 0 Å². The van der Waals surface area contributed by atoms with Gasteiger partial charge in [-0.05, 0) is 19.4 Å². The van der Waals surface area contributed by atoms with Crippen LogP contribution in [0, 0.1) is 0 Å². The molecule has 1 aromatic carbocycles. The number of amides is 2. The lowest BCUT2D eigenvalue weighted by molar-refractivity contribution is 0.00453. The van der Waals surface area contributed by atoms with Gasteiger partial charge in [0.15, 0.2) is 0 Å². The molecule has 1 aliphatic rings. The number of nitrogen functional groups attached to an aromatic ring is 1. The van der Waals surface area contributed by atoms with Crippen LogP contribution < -0.4 is 15.8 Å². The summed E-state index contributed by atoms with van der Waals surface area (Å²) in [7, 11) is 2.99. The minimum Gasteiger partial charge on any atom is -0.496 e. The second kappa shape index (κ2) is 8.95. The Morgan fingerprint density at radius 2 is 2.12 bits per heavy atom. The summed E-state index contributed by atoms with van der Waals surface area (Å²) in [6.07, 6.45) is -0.202. The van der Waals surface area contributed by atoms with Gasteiger partial charge in [0, 0.05) is 19.7 Å². The first-order valence-corrected chi connectivity index (χ1v) is 8.67. The molecule has 9 heteroatoms. The second-order valence-corrected chi connectivity index (χ2v) is 6.27. The maximum atomic E-state index is 12.7. The van der Waals surface area contributed by atoms with E-state index in [0.29, 0.717) is 37.6 Å². The molecule has 2 amide bonds. The number of likely N-dealkylation sites (tertiary alicyclic amines) is 1. The maximum absolute atomic E-state index is 12.7. The Labute approximate surface area is 157 Å². The summed E-state index contributed by atoms with van der Waals surface area (Å²) in [5, 5.41) is 3.20. The van der Waals surface area contributed by atoms with Crippen molar-refractivity contribution in [3.8, 4) is 5.75 Å². The topological polar surface area (TPSA) is 103 Å². The number of ether oxygens (including phenoxy) is 3. The number of anilines is 1. The Bertz CT molecular complexity index is 670. The number of halogens is 1. The molecule has 1 heterocycles. The van der Waals surface area contributed by atoms with Crippen LogP contribution in [0.5, 0.6) is 5.75 Å². The molecule has 0 saturated carbocycles. The van der Waals surface area contributed by atoms with Gasteiger partial charge in [-0.1, -0.05) is 11.6 Å². The van der Waals surface area contributed by atoms with Crippen molar-refractivity contribution in [1.29, 1.82) is 0 Å². The van der Waals surface area contributed by atoms with Gasteiger partial charge in [0.25, 0.3) is 5.91 Å². The van der Waals surface area contributed by atoms with E-state index < -0.39 is 0 Å². The summed E-state index contributed by atoms with van der Waals surface area (Å²) < 4.78 is 15.7. The average molecular weight is 386 g/mol. The smallest absolute Gasteiger partial charge is 0.409 e. The van der Waals surface area contributed by atoms with E-state index in [4.69, 9.17) is 31.5 Å². The summed E-state index contributed by atoms with van der Waals surface area (Å²) in [5.74, 6) is -0.0114. The van der Waals surface area contributed by atoms with Gasteiger partial charge in [0.1, 0.15) is 5.75 Å². The van der Waals surface area contributed by atoms with Crippen molar-refractivity contribution >= 4 is 29.3 Å². The van der Waals surface area contributed by atoms with Gasteiger partial charge < -0.3 is 30.2 Å². The Hall–Kier alpha value is -2.19. The minimum absolute atomic E-state index is 0.265. The van der Waals surface area contributed by atoms with E-state index in [-0.39, 0.29) is 34.7 Å². The van der Waals surface area contributed by atoms with E-state index in [1.807, 2.05) is 0 Å². The number of piperidine rings is 1. The molecule has 1 fully saturated rings. The summed E-state index contributed by atoms with van der Waals surface area (Å²) in [5.41, 5.74) is 6.37. The van der Waals surface area contributed by atoms with Crippen LogP contribution in [-0.4, -0.2) is 63.0 Å². The van der Waals surface area contributed by atoms with Gasteiger partial charge in [-0.3, -0.25) is 4.79 Å². The van der Waals surface area contributed by atoms with Crippen molar-refractivity contribution in [2.24, 2.45) is 0 Å². The Kier molecular flexibility index (Phi) is 6.93. The average Bonchev–Trinajstić information content (AvgIpc) is 2.63. The van der Waals surface area contributed by atoms with Gasteiger partial charge in [0.05, 0.1) is 48.7 Å². The molecule has 0 unspecified atom stereocenters. The summed E-state index contributed by atoms with van der Waals surface area (Å²) in [6, 6.07) is 2.72. The fourth-order valence-electron chi connectivity index (χ4n) is 2.86. The highest BCUT2D eigenvalue weighted by Gasteiger charge is 2.33. The van der Waals surface area contributed by atoms with Crippen LogP contribution in [0.1, 0.15) is 23.7 Å². The lowest BCUT2D eigenvalue weighted by Gasteiger charge is -2.37. The zero-order valence-corrected chi connectivity index (χ0v) is 15.8. The number of benzene rings is 1. The molecule has 3 N–H and O–H groups in total. The molecular formula is C17H24ClN3O5. The number of hydrogen-bond acceptors (Lipinski definition) is 6. The number of carbonyl (C=O) groups excluding carboxylic acids is 2. The van der Waals surface area contributed by atoms with Gasteiger partial charge in [-0.25, -0.2) is 4.79 Å². The predicted molar refractivity (Wildman–Crippen MR) is 97.7 cm³/mol. The van der Waals surface area contributed by atoms with E-state index in [2.05, 4.69) is 5.32 Å². The van der Waals surface area contributed by atoms with Crippen molar-refractivity contribution in [2.45, 2.75) is 25.5 Å². The van der Waals surface area contributed by atoms with E-state index in [0.717, 1.165) is 0 Å². The van der Waals surface area contributed by atoms with Gasteiger partial charge in [-0.15, -0.1) is 0 Å². The number of methoxy groups -OCH3 is 2. The molecule has 8 nitrogen and oxygen atoms in total. The number of nitrogens with zero attached hydrogens (tertiary/aromatic N) is 1. The number of hydrogen-bond donors (Lipinski definition) is 2. The van der Waals surface area contributed by atoms with Crippen molar-refractivity contribution in [3.63, 3.8) is 0 Å². The summed E-state index contributed by atoms with van der Waals surface area (Å²) in [4.78, 5) is 26.1. The molecule has 0 aromatic heterocycles. The molecule has 0 bridgehead atoms. The monoisotopic (exact) mass is 385 g/mol. The molecule has 1 saturated heterocycles. The fourth-order valence-corrected chi connectivity index (χ4v) is 3.03. The second-order valence-electron chi connectivity index (χ2n) is 5.86. The zero-order valence-electron chi connectivity index (χ0n) is 15.1. The lowest BCUT2D eigenvalue weighted by atomic mass is 10.0. The van der Waals surface area contributed by atoms with Crippen molar-refractivity contribution in [3.05, 3.63) is 22.7 Å². The van der Waals surface area contributed by atoms with Gasteiger partial charge >= 0.3 is 6.09 Å². The third-order valence-corrected chi connectivity index (χ3v) is 4.60. The molecule has 1 aliphatic heterocycles. The van der Waals surface area contributed by atoms with E-state index >= 15 is 0 Å². The van der Waals surface area contributed by atoms with E-state index in [9.17, 15) is 9.59 Å². The van der Waals surface area contributed by atoms with Crippen molar-refractivity contribution < 1.29 is 23.8 Å². The Balaban J connectivity index is 2.09. The largest absolute Gasteiger partial charge is 0.496 e. The minimum atomic E-state index is -0.383. The normalized spacial score (nSPS) is 19.8. The van der Waals surface area contributed by atoms with Crippen LogP contribution in [0.2, 0.25) is 5.02 Å². The molecule has 144 valence electrons. The van der Waals surface area contributed by atoms with Crippen LogP contribution in [0.25, 0.3) is 0 Å². The number of nitrogens with two attached hydrogens (primary N) is 1. The highest BCUT2D eigenvalue weighted by atomic mass is 35.5. The lowest BCUT2D eigenvalue weighted by Crippen LogP contribution is -2.56. The van der Waals surface area contributed by atoms with Crippen molar-refractivity contribution in [1.82, 2.24) is 10.2 Å². The van der Waals surface area contributed by atoms with E-state index in [1.165, 1.54) is 19.2 Å². The van der Waals surface area contributed by atoms with Crippen LogP contribution in [0.15, 0.2) is 12.1 Å². The maximum Gasteiger partial charge on any atom is 0.409 e. The molecule has 0 radical (unpaired) electrons. The third kappa shape index (κ3) is 4.50. The first kappa shape index (κ1) is 20.1. The van der Waals surface area contributed by atoms with E-state index in [1.54, 1.807) is 18.9 Å². The zero-order chi connectivity index (χ0) is 19.3. The third-order valence-electron chi connectivity index (χ3n) is 4.27. The van der Waals surface area contributed by atoms with Crippen LogP contribution in [-0.2, 0) is 9.47 Å². The quantitative estimate of drug-likeness (QED) is 0.750. The Morgan fingerprint density at radius 3 is 2.73 bits per heavy atom. The van der Waals surface area contributed by atoms with Gasteiger partial charge in [0.2, 0.25) is 0 Å². The molecule has 2 rings (SSSR count). The molecule has 26 heavy (non-hydrogen) atoms. The standard InChI is InChI=1S/C17H24ClN3O5/c1-4-26-17(23)21-6-5-13(15(9-21)25-3)20-16(22)10-7-11(18)12(19)8-14(10)24-2/h7-8,13,15H,4-6,9,19H2,1-3H3,(H,20,22)/t13-,15+/m0/s1. The van der Waals surface area contributed by atoms with Crippen molar-refractivity contribution in [2.75, 3.05) is 39.6 Å². The highest BCUT2D eigenvalue weighted by Crippen LogP contribution is 2.29. The molecule has 2 atom stereocenters. The SMILES string of the molecule is CCOC(=O)N1CC[C@H](NC(=O)c2cc(Cl)c(N)cc2OC)[C@H](OC)C1. The van der Waals surface area contributed by atoms with Crippen LogP contribution in [0.4, 0.5) is 10.5 Å². The van der Waals surface area contributed by atoms with Crippen LogP contribution >= 0.6 is 11.6 Å². The summed E-state index contributed by atoms with van der Waals surface area (Å²) >= 11 is 6.03. The van der Waals surface area contributed by atoms with Crippen LogP contribution in [0.3, 0.4) is 0 Å². The first-order valence-electron chi connectivity index (χ1n) is 8.29. The predicted octanol–water partition coefficient (Wildman–Crippen LogP) is 1.91. The number of carbonyl (C=O) groups is 2. The fraction of sp³-hybridized carbons (Fsp3) is 0.529. The first-order chi connectivity index (χ1) is 12.4. The number of rotatable bonds is 5. The molecule has 0 aliphatic carbocycles.